The van der Waals surface area contributed by atoms with E-state index in [2.05, 4.69) is 16.0 Å². The molecule has 39 heavy (non-hydrogen) atoms. The summed E-state index contributed by atoms with van der Waals surface area (Å²) in [6, 6.07) is 15.6. The highest BCUT2D eigenvalue weighted by Crippen LogP contribution is 2.35. The van der Waals surface area contributed by atoms with Crippen molar-refractivity contribution in [3.8, 4) is 28.8 Å². The SMILES string of the molecule is N#CC(=CC1CC1)C(=O)N1CCC[C@@H]1Cn1nc(-c2ccc(Oc3ccccc3)cc2F)c2c(N)ncnc21. The topological polar surface area (TPSA) is 123 Å². The molecule has 9 nitrogen and oxygen atoms in total. The molecular weight excluding hydrogens is 497 g/mol. The van der Waals surface area contributed by atoms with E-state index in [9.17, 15) is 10.1 Å². The third-order valence-electron chi connectivity index (χ3n) is 7.13. The summed E-state index contributed by atoms with van der Waals surface area (Å²) in [5.41, 5.74) is 7.42. The molecule has 2 aliphatic rings. The number of aromatic nitrogens is 4. The van der Waals surface area contributed by atoms with Crippen LogP contribution in [0.4, 0.5) is 10.2 Å². The monoisotopic (exact) mass is 523 g/mol. The third-order valence-corrected chi connectivity index (χ3v) is 7.13. The van der Waals surface area contributed by atoms with Gasteiger partial charge in [0.1, 0.15) is 46.8 Å². The predicted octanol–water partition coefficient (Wildman–Crippen LogP) is 4.86. The number of para-hydroxylation sites is 1. The van der Waals surface area contributed by atoms with E-state index in [4.69, 9.17) is 15.6 Å². The maximum absolute atomic E-state index is 15.4. The number of anilines is 1. The number of hydrogen-bond donors (Lipinski definition) is 1. The summed E-state index contributed by atoms with van der Waals surface area (Å²) in [6.45, 7) is 0.894. The number of benzene rings is 2. The molecule has 1 amide bonds. The molecule has 0 unspecified atom stereocenters. The van der Waals surface area contributed by atoms with Crippen molar-refractivity contribution in [2.24, 2.45) is 5.92 Å². The van der Waals surface area contributed by atoms with E-state index in [-0.39, 0.29) is 28.9 Å². The fourth-order valence-corrected chi connectivity index (χ4v) is 5.02. The van der Waals surface area contributed by atoms with E-state index >= 15 is 4.39 Å². The van der Waals surface area contributed by atoms with Gasteiger partial charge in [0, 0.05) is 18.2 Å². The van der Waals surface area contributed by atoms with Crippen LogP contribution in [-0.4, -0.2) is 43.1 Å². The van der Waals surface area contributed by atoms with Gasteiger partial charge >= 0.3 is 0 Å². The molecule has 2 aromatic heterocycles. The Bertz CT molecular complexity index is 1620. The van der Waals surface area contributed by atoms with Gasteiger partial charge in [-0.2, -0.15) is 10.4 Å². The van der Waals surface area contributed by atoms with Crippen molar-refractivity contribution < 1.29 is 13.9 Å². The highest BCUT2D eigenvalue weighted by molar-refractivity contribution is 5.99. The fourth-order valence-electron chi connectivity index (χ4n) is 5.02. The lowest BCUT2D eigenvalue weighted by Crippen LogP contribution is -2.39. The molecular formula is C29H26FN7O2. The molecule has 1 atom stereocenters. The average molecular weight is 524 g/mol. The summed E-state index contributed by atoms with van der Waals surface area (Å²) in [7, 11) is 0. The minimum absolute atomic E-state index is 0.184. The number of amides is 1. The number of nitrogen functional groups attached to an aromatic ring is 1. The molecule has 4 aromatic rings. The van der Waals surface area contributed by atoms with E-state index in [1.54, 1.807) is 39.9 Å². The number of carbonyl (C=O) groups excluding carboxylic acids is 1. The number of nitrogens with two attached hydrogens (primary N) is 1. The van der Waals surface area contributed by atoms with Crippen molar-refractivity contribution >= 4 is 22.8 Å². The average Bonchev–Trinajstić information content (AvgIpc) is 3.52. The van der Waals surface area contributed by atoms with Crippen LogP contribution in [0.25, 0.3) is 22.3 Å². The van der Waals surface area contributed by atoms with Crippen molar-refractivity contribution in [2.45, 2.75) is 38.3 Å². The largest absolute Gasteiger partial charge is 0.457 e. The van der Waals surface area contributed by atoms with Crippen LogP contribution in [0.5, 0.6) is 11.5 Å². The van der Waals surface area contributed by atoms with Gasteiger partial charge < -0.3 is 15.4 Å². The van der Waals surface area contributed by atoms with Crippen LogP contribution in [0.3, 0.4) is 0 Å². The minimum atomic E-state index is -0.528. The zero-order valence-corrected chi connectivity index (χ0v) is 21.1. The first-order valence-corrected chi connectivity index (χ1v) is 12.9. The van der Waals surface area contributed by atoms with Gasteiger partial charge in [0.05, 0.1) is 18.0 Å². The van der Waals surface area contributed by atoms with Crippen LogP contribution in [0.1, 0.15) is 25.7 Å². The standard InChI is InChI=1S/C29H26FN7O2/c30-24-14-22(39-21-6-2-1-3-7-21)10-11-23(24)26-25-27(32)33-17-34-28(25)37(35-26)16-20-5-4-12-36(20)29(38)19(15-31)13-18-8-9-18/h1-3,6-7,10-11,13-14,17-18,20H,4-5,8-9,12,16H2,(H2,32,33,34)/t20-/m1/s1. The molecule has 2 aromatic carbocycles. The van der Waals surface area contributed by atoms with E-state index < -0.39 is 5.82 Å². The normalized spacial score (nSPS) is 17.4. The predicted molar refractivity (Wildman–Crippen MR) is 143 cm³/mol. The van der Waals surface area contributed by atoms with E-state index in [0.29, 0.717) is 47.2 Å². The van der Waals surface area contributed by atoms with Gasteiger partial charge in [-0.15, -0.1) is 0 Å². The van der Waals surface area contributed by atoms with Gasteiger partial charge in [-0.25, -0.2) is 19.0 Å². The first kappa shape index (κ1) is 24.6. The highest BCUT2D eigenvalue weighted by Gasteiger charge is 2.33. The van der Waals surface area contributed by atoms with Crippen LogP contribution < -0.4 is 10.5 Å². The Kier molecular flexibility index (Phi) is 6.40. The Labute approximate surface area is 224 Å². The lowest BCUT2D eigenvalue weighted by Gasteiger charge is -2.24. The van der Waals surface area contributed by atoms with Crippen LogP contribution in [0, 0.1) is 23.1 Å². The summed E-state index contributed by atoms with van der Waals surface area (Å²) in [5, 5.41) is 14.7. The van der Waals surface area contributed by atoms with Crippen molar-refractivity contribution in [3.63, 3.8) is 0 Å². The van der Waals surface area contributed by atoms with E-state index in [1.165, 1.54) is 12.4 Å². The lowest BCUT2D eigenvalue weighted by atomic mass is 10.1. The summed E-state index contributed by atoms with van der Waals surface area (Å²) in [4.78, 5) is 23.4. The van der Waals surface area contributed by atoms with Gasteiger partial charge in [-0.3, -0.25) is 4.79 Å². The minimum Gasteiger partial charge on any atom is -0.457 e. The molecule has 6 rings (SSSR count). The molecule has 10 heteroatoms. The van der Waals surface area contributed by atoms with Gasteiger partial charge in [0.2, 0.25) is 0 Å². The van der Waals surface area contributed by atoms with Crippen molar-refractivity contribution in [1.29, 1.82) is 5.26 Å². The second-order valence-electron chi connectivity index (χ2n) is 9.87. The number of halogens is 1. The zero-order valence-electron chi connectivity index (χ0n) is 21.1. The summed E-state index contributed by atoms with van der Waals surface area (Å²) < 4.78 is 22.8. The van der Waals surface area contributed by atoms with Crippen LogP contribution in [-0.2, 0) is 11.3 Å². The summed E-state index contributed by atoms with van der Waals surface area (Å²) >= 11 is 0. The third kappa shape index (κ3) is 4.91. The van der Waals surface area contributed by atoms with Crippen LogP contribution >= 0.6 is 0 Å². The summed E-state index contributed by atoms with van der Waals surface area (Å²) in [6.07, 6.45) is 6.74. The number of likely N-dealkylation sites (tertiary alicyclic amines) is 1. The molecule has 3 heterocycles. The number of nitrogens with zero attached hydrogens (tertiary/aromatic N) is 6. The van der Waals surface area contributed by atoms with E-state index in [0.717, 1.165) is 25.7 Å². The second-order valence-corrected chi connectivity index (χ2v) is 9.87. The molecule has 1 saturated heterocycles. The Morgan fingerprint density at radius 2 is 1.97 bits per heavy atom. The molecule has 1 saturated carbocycles. The van der Waals surface area contributed by atoms with Gasteiger partial charge in [0.25, 0.3) is 5.91 Å². The first-order valence-electron chi connectivity index (χ1n) is 12.9. The lowest BCUT2D eigenvalue weighted by molar-refractivity contribution is -0.127. The molecule has 1 aliphatic heterocycles. The van der Waals surface area contributed by atoms with Gasteiger partial charge in [0.15, 0.2) is 5.65 Å². The number of rotatable bonds is 7. The molecule has 2 fully saturated rings. The summed E-state index contributed by atoms with van der Waals surface area (Å²) in [5.74, 6) is 0.671. The number of carbonyl (C=O) groups is 1. The van der Waals surface area contributed by atoms with Crippen LogP contribution in [0.15, 0.2) is 66.5 Å². The molecule has 0 spiro atoms. The Morgan fingerprint density at radius 1 is 1.15 bits per heavy atom. The number of fused-ring (bicyclic) bond motifs is 1. The molecule has 196 valence electrons. The first-order chi connectivity index (χ1) is 19.0. The smallest absolute Gasteiger partial charge is 0.264 e. The second kappa shape index (κ2) is 10.2. The Morgan fingerprint density at radius 3 is 2.72 bits per heavy atom. The quantitative estimate of drug-likeness (QED) is 0.271. The van der Waals surface area contributed by atoms with Crippen molar-refractivity contribution in [2.75, 3.05) is 12.3 Å². The number of allylic oxidation sites excluding steroid dienone is 1. The van der Waals surface area contributed by atoms with Crippen molar-refractivity contribution in [3.05, 3.63) is 72.3 Å². The number of nitriles is 1. The van der Waals surface area contributed by atoms with Gasteiger partial charge in [-0.05, 0) is 55.9 Å². The van der Waals surface area contributed by atoms with E-state index in [1.807, 2.05) is 18.2 Å². The van der Waals surface area contributed by atoms with Crippen molar-refractivity contribution in [1.82, 2.24) is 24.6 Å². The highest BCUT2D eigenvalue weighted by atomic mass is 19.1. The molecule has 2 N–H and O–H groups in total. The van der Waals surface area contributed by atoms with Gasteiger partial charge in [-0.1, -0.05) is 24.3 Å². The Balaban J connectivity index is 1.32. The van der Waals surface area contributed by atoms with Crippen LogP contribution in [0.2, 0.25) is 0 Å². The fraction of sp³-hybridized carbons (Fsp3) is 0.276. The molecule has 1 aliphatic carbocycles. The maximum Gasteiger partial charge on any atom is 0.264 e. The Hall–Kier alpha value is -4.78. The number of hydrogen-bond acceptors (Lipinski definition) is 7. The number of ether oxygens (including phenoxy) is 1. The maximum atomic E-state index is 15.4. The molecule has 0 radical (unpaired) electrons. The molecule has 0 bridgehead atoms. The zero-order chi connectivity index (χ0) is 26.9.